The Morgan fingerprint density at radius 2 is 1.75 bits per heavy atom. The number of aryl methyl sites for hydroxylation is 3. The van der Waals surface area contributed by atoms with Gasteiger partial charge in [0, 0.05) is 25.4 Å². The Hall–Kier alpha value is -1.53. The van der Waals surface area contributed by atoms with Crippen molar-refractivity contribution in [1.82, 2.24) is 14.8 Å². The first kappa shape index (κ1) is 17.3. The maximum absolute atomic E-state index is 5.44. The molecule has 0 saturated carbocycles. The van der Waals surface area contributed by atoms with Crippen molar-refractivity contribution in [3.63, 3.8) is 0 Å². The lowest BCUT2D eigenvalue weighted by Gasteiger charge is -2.27. The summed E-state index contributed by atoms with van der Waals surface area (Å²) in [7, 11) is 0. The van der Waals surface area contributed by atoms with E-state index in [1.807, 2.05) is 0 Å². The molecule has 5 nitrogen and oxygen atoms in total. The van der Waals surface area contributed by atoms with Gasteiger partial charge in [0.1, 0.15) is 0 Å². The highest BCUT2D eigenvalue weighted by molar-refractivity contribution is 7.98. The smallest absolute Gasteiger partial charge is 0.228 e. The van der Waals surface area contributed by atoms with Crippen molar-refractivity contribution in [3.8, 4) is 0 Å². The molecule has 1 aromatic heterocycles. The van der Waals surface area contributed by atoms with Crippen molar-refractivity contribution < 1.29 is 4.74 Å². The summed E-state index contributed by atoms with van der Waals surface area (Å²) in [6.07, 6.45) is 0. The SMILES string of the molecule is CCn1c(SCc2c(C)cc(C)cc2C)nnc1N1CCOCC1. The Morgan fingerprint density at radius 3 is 2.38 bits per heavy atom. The highest BCUT2D eigenvalue weighted by Gasteiger charge is 2.20. The van der Waals surface area contributed by atoms with E-state index in [2.05, 4.69) is 59.5 Å². The van der Waals surface area contributed by atoms with E-state index in [-0.39, 0.29) is 0 Å². The molecule has 24 heavy (non-hydrogen) atoms. The molecule has 0 radical (unpaired) electrons. The van der Waals surface area contributed by atoms with Crippen molar-refractivity contribution in [2.24, 2.45) is 0 Å². The van der Waals surface area contributed by atoms with Crippen LogP contribution in [0.3, 0.4) is 0 Å². The van der Waals surface area contributed by atoms with Crippen molar-refractivity contribution in [1.29, 1.82) is 0 Å². The molecule has 0 unspecified atom stereocenters. The zero-order chi connectivity index (χ0) is 17.1. The summed E-state index contributed by atoms with van der Waals surface area (Å²) < 4.78 is 7.66. The predicted octanol–water partition coefficient (Wildman–Crippen LogP) is 3.35. The number of thioether (sulfide) groups is 1. The Balaban J connectivity index is 1.77. The van der Waals surface area contributed by atoms with Crippen molar-refractivity contribution in [2.75, 3.05) is 31.2 Å². The molecule has 1 aliphatic rings. The van der Waals surface area contributed by atoms with E-state index in [0.29, 0.717) is 0 Å². The van der Waals surface area contributed by atoms with Crippen LogP contribution in [0.2, 0.25) is 0 Å². The molecular weight excluding hydrogens is 320 g/mol. The molecule has 1 saturated heterocycles. The van der Waals surface area contributed by atoms with Gasteiger partial charge in [-0.05, 0) is 44.4 Å². The minimum atomic E-state index is 0.765. The molecule has 130 valence electrons. The summed E-state index contributed by atoms with van der Waals surface area (Å²) >= 11 is 1.78. The van der Waals surface area contributed by atoms with Gasteiger partial charge in [-0.1, -0.05) is 29.5 Å². The zero-order valence-electron chi connectivity index (χ0n) is 15.0. The van der Waals surface area contributed by atoms with Crippen LogP contribution >= 0.6 is 11.8 Å². The number of rotatable bonds is 5. The van der Waals surface area contributed by atoms with Crippen LogP contribution < -0.4 is 4.90 Å². The number of aromatic nitrogens is 3. The molecule has 0 amide bonds. The van der Waals surface area contributed by atoms with Crippen LogP contribution in [0.1, 0.15) is 29.2 Å². The van der Waals surface area contributed by atoms with Gasteiger partial charge in [-0.15, -0.1) is 10.2 Å². The predicted molar refractivity (Wildman–Crippen MR) is 98.9 cm³/mol. The lowest BCUT2D eigenvalue weighted by molar-refractivity contribution is 0.121. The van der Waals surface area contributed by atoms with E-state index in [0.717, 1.165) is 49.7 Å². The number of hydrogen-bond acceptors (Lipinski definition) is 5. The van der Waals surface area contributed by atoms with Gasteiger partial charge < -0.3 is 9.64 Å². The van der Waals surface area contributed by atoms with E-state index < -0.39 is 0 Å². The first-order valence-electron chi connectivity index (χ1n) is 8.55. The third-order valence-electron chi connectivity index (χ3n) is 4.49. The van der Waals surface area contributed by atoms with Gasteiger partial charge in [0.05, 0.1) is 13.2 Å². The molecule has 2 heterocycles. The fourth-order valence-electron chi connectivity index (χ4n) is 3.24. The Labute approximate surface area is 148 Å². The van der Waals surface area contributed by atoms with E-state index >= 15 is 0 Å². The van der Waals surface area contributed by atoms with Crippen molar-refractivity contribution >= 4 is 17.7 Å². The highest BCUT2D eigenvalue weighted by Crippen LogP contribution is 2.28. The third kappa shape index (κ3) is 3.59. The molecule has 0 spiro atoms. The number of nitrogens with zero attached hydrogens (tertiary/aromatic N) is 4. The van der Waals surface area contributed by atoms with E-state index in [1.165, 1.54) is 22.3 Å². The third-order valence-corrected chi connectivity index (χ3v) is 5.49. The molecule has 1 fully saturated rings. The van der Waals surface area contributed by atoms with Crippen LogP contribution in [0.25, 0.3) is 0 Å². The summed E-state index contributed by atoms with van der Waals surface area (Å²) in [6.45, 7) is 12.9. The van der Waals surface area contributed by atoms with Crippen LogP contribution in [-0.2, 0) is 17.0 Å². The Kier molecular flexibility index (Phi) is 5.46. The summed E-state index contributed by atoms with van der Waals surface area (Å²) in [6, 6.07) is 4.51. The zero-order valence-corrected chi connectivity index (χ0v) is 15.8. The highest BCUT2D eigenvalue weighted by atomic mass is 32.2. The summed E-state index contributed by atoms with van der Waals surface area (Å²) in [5.41, 5.74) is 5.45. The second-order valence-corrected chi connectivity index (χ2v) is 7.23. The van der Waals surface area contributed by atoms with Crippen LogP contribution in [0, 0.1) is 20.8 Å². The Bertz CT molecular complexity index is 684. The lowest BCUT2D eigenvalue weighted by atomic mass is 10.0. The molecule has 0 N–H and O–H groups in total. The average molecular weight is 347 g/mol. The average Bonchev–Trinajstić information content (AvgIpc) is 2.97. The second-order valence-electron chi connectivity index (χ2n) is 6.29. The van der Waals surface area contributed by atoms with Crippen molar-refractivity contribution in [3.05, 3.63) is 34.4 Å². The maximum atomic E-state index is 5.44. The monoisotopic (exact) mass is 346 g/mol. The van der Waals surface area contributed by atoms with Gasteiger partial charge in [-0.3, -0.25) is 4.57 Å². The van der Waals surface area contributed by atoms with Crippen LogP contribution in [-0.4, -0.2) is 41.1 Å². The first-order chi connectivity index (χ1) is 11.6. The maximum Gasteiger partial charge on any atom is 0.228 e. The fraction of sp³-hybridized carbons (Fsp3) is 0.556. The van der Waals surface area contributed by atoms with Crippen LogP contribution in [0.5, 0.6) is 0 Å². The van der Waals surface area contributed by atoms with Gasteiger partial charge in [0.25, 0.3) is 0 Å². The lowest BCUT2D eigenvalue weighted by Crippen LogP contribution is -2.38. The minimum absolute atomic E-state index is 0.765. The molecule has 0 atom stereocenters. The summed E-state index contributed by atoms with van der Waals surface area (Å²) in [5, 5.41) is 9.89. The van der Waals surface area contributed by atoms with E-state index in [1.54, 1.807) is 11.8 Å². The number of benzene rings is 1. The topological polar surface area (TPSA) is 43.2 Å². The van der Waals surface area contributed by atoms with Gasteiger partial charge in [-0.25, -0.2) is 0 Å². The van der Waals surface area contributed by atoms with Gasteiger partial charge in [0.15, 0.2) is 5.16 Å². The normalized spacial score (nSPS) is 15.1. The van der Waals surface area contributed by atoms with Crippen LogP contribution in [0.15, 0.2) is 17.3 Å². The standard InChI is InChI=1S/C18H26N4OS/c1-5-22-17(21-6-8-23-9-7-21)19-20-18(22)24-12-16-14(3)10-13(2)11-15(16)4/h10-11H,5-9,12H2,1-4H3. The second kappa shape index (κ2) is 7.57. The van der Waals surface area contributed by atoms with Gasteiger partial charge in [-0.2, -0.15) is 0 Å². The molecule has 6 heteroatoms. The van der Waals surface area contributed by atoms with E-state index in [4.69, 9.17) is 4.74 Å². The van der Waals surface area contributed by atoms with E-state index in [9.17, 15) is 0 Å². The first-order valence-corrected chi connectivity index (χ1v) is 9.54. The molecular formula is C18H26N4OS. The number of hydrogen-bond donors (Lipinski definition) is 0. The largest absolute Gasteiger partial charge is 0.378 e. The molecule has 1 aromatic carbocycles. The minimum Gasteiger partial charge on any atom is -0.378 e. The summed E-state index contributed by atoms with van der Waals surface area (Å²) in [4.78, 5) is 2.27. The summed E-state index contributed by atoms with van der Waals surface area (Å²) in [5.74, 6) is 1.90. The van der Waals surface area contributed by atoms with Gasteiger partial charge in [0.2, 0.25) is 5.95 Å². The molecule has 0 aliphatic carbocycles. The molecule has 0 bridgehead atoms. The van der Waals surface area contributed by atoms with Crippen LogP contribution in [0.4, 0.5) is 5.95 Å². The number of anilines is 1. The molecule has 2 aromatic rings. The molecule has 1 aliphatic heterocycles. The number of ether oxygens (including phenoxy) is 1. The number of morpholine rings is 1. The van der Waals surface area contributed by atoms with Crippen molar-refractivity contribution in [2.45, 2.75) is 45.1 Å². The quantitative estimate of drug-likeness (QED) is 0.777. The van der Waals surface area contributed by atoms with Gasteiger partial charge >= 0.3 is 0 Å². The molecule has 3 rings (SSSR count). The Morgan fingerprint density at radius 1 is 1.08 bits per heavy atom. The fourth-order valence-corrected chi connectivity index (χ4v) is 4.43.